The van der Waals surface area contributed by atoms with Gasteiger partial charge < -0.3 is 10.2 Å². The minimum atomic E-state index is -1.99. The van der Waals surface area contributed by atoms with Gasteiger partial charge in [0.25, 0.3) is 5.69 Å². The number of carbonyl (C=O) groups excluding carboxylic acids is 2. The third kappa shape index (κ3) is 3.18. The van der Waals surface area contributed by atoms with Gasteiger partial charge in [0, 0.05) is 23.7 Å². The largest absolute Gasteiger partial charge is 0.508 e. The zero-order valence-electron chi connectivity index (χ0n) is 18.1. The number of anilines is 1. The zero-order valence-corrected chi connectivity index (χ0v) is 18.1. The number of amides is 2. The van der Waals surface area contributed by atoms with Crippen LogP contribution in [0.2, 0.25) is 0 Å². The van der Waals surface area contributed by atoms with Gasteiger partial charge in [-0.2, -0.15) is 0 Å². The number of carbonyl (C=O) groups is 3. The van der Waals surface area contributed by atoms with Gasteiger partial charge in [-0.05, 0) is 17.7 Å². The molecule has 0 saturated carbocycles. The summed E-state index contributed by atoms with van der Waals surface area (Å²) in [6.45, 7) is 0. The van der Waals surface area contributed by atoms with Crippen LogP contribution in [0.15, 0.2) is 78.9 Å². The van der Waals surface area contributed by atoms with Gasteiger partial charge >= 0.3 is 5.97 Å². The Bertz CT molecular complexity index is 1380. The molecule has 0 bridgehead atoms. The second-order valence-electron chi connectivity index (χ2n) is 8.45. The highest BCUT2D eigenvalue weighted by Crippen LogP contribution is 2.54. The predicted octanol–water partition coefficient (Wildman–Crippen LogP) is 2.73. The molecule has 0 radical (unpaired) electrons. The van der Waals surface area contributed by atoms with Crippen molar-refractivity contribution in [3.8, 4) is 5.75 Å². The van der Waals surface area contributed by atoms with Crippen molar-refractivity contribution in [2.45, 2.75) is 11.6 Å². The zero-order chi connectivity index (χ0) is 24.9. The first-order valence-electron chi connectivity index (χ1n) is 10.7. The molecule has 2 heterocycles. The number of carboxylic acid groups (broad SMARTS) is 1. The molecular formula is C25H19N3O7. The number of hydrogen-bond donors (Lipinski definition) is 3. The van der Waals surface area contributed by atoms with Crippen LogP contribution >= 0.6 is 0 Å². The van der Waals surface area contributed by atoms with E-state index in [-0.39, 0.29) is 28.3 Å². The van der Waals surface area contributed by atoms with Crippen LogP contribution in [0, 0.1) is 22.0 Å². The van der Waals surface area contributed by atoms with Crippen molar-refractivity contribution in [1.29, 1.82) is 0 Å². The molecular weight excluding hydrogens is 454 g/mol. The van der Waals surface area contributed by atoms with Crippen molar-refractivity contribution in [2.75, 3.05) is 4.90 Å². The maximum absolute atomic E-state index is 13.8. The number of phenols is 1. The molecule has 5 rings (SSSR count). The fourth-order valence-corrected chi connectivity index (χ4v) is 5.21. The van der Waals surface area contributed by atoms with E-state index in [4.69, 9.17) is 0 Å². The molecule has 2 saturated heterocycles. The van der Waals surface area contributed by atoms with E-state index in [9.17, 15) is 34.7 Å². The number of aromatic hydroxyl groups is 1. The lowest BCUT2D eigenvalue weighted by Crippen LogP contribution is -2.53. The molecule has 10 heteroatoms. The van der Waals surface area contributed by atoms with E-state index < -0.39 is 46.1 Å². The van der Waals surface area contributed by atoms with Crippen molar-refractivity contribution in [3.05, 3.63) is 100 Å². The third-order valence-corrected chi connectivity index (χ3v) is 6.70. The lowest BCUT2D eigenvalue weighted by atomic mass is 9.75. The summed E-state index contributed by atoms with van der Waals surface area (Å²) in [5.41, 5.74) is -1.79. The Morgan fingerprint density at radius 3 is 2.31 bits per heavy atom. The molecule has 3 N–H and O–H groups in total. The summed E-state index contributed by atoms with van der Waals surface area (Å²) in [6.07, 6.45) is 0. The van der Waals surface area contributed by atoms with Gasteiger partial charge in [-0.1, -0.05) is 54.6 Å². The molecule has 0 spiro atoms. The fraction of sp³-hybridized carbons (Fsp3) is 0.160. The average molecular weight is 473 g/mol. The van der Waals surface area contributed by atoms with Crippen molar-refractivity contribution >= 4 is 29.2 Å². The minimum Gasteiger partial charge on any atom is -0.508 e. The first-order chi connectivity index (χ1) is 16.8. The van der Waals surface area contributed by atoms with Crippen LogP contribution < -0.4 is 10.2 Å². The van der Waals surface area contributed by atoms with E-state index in [0.29, 0.717) is 0 Å². The summed E-state index contributed by atoms with van der Waals surface area (Å²) in [7, 11) is 0. The molecule has 4 unspecified atom stereocenters. The fourth-order valence-electron chi connectivity index (χ4n) is 5.21. The van der Waals surface area contributed by atoms with Gasteiger partial charge in [0.05, 0.1) is 22.4 Å². The van der Waals surface area contributed by atoms with Crippen LogP contribution in [-0.4, -0.2) is 32.9 Å². The van der Waals surface area contributed by atoms with Gasteiger partial charge in [0.2, 0.25) is 11.8 Å². The SMILES string of the molecule is O=C1C2C(c3ccccc3O)NC(C(=O)O)(c3ccccc3)C2C(=O)N1c1cccc([N+](=O)[O-])c1. The first kappa shape index (κ1) is 22.2. The maximum atomic E-state index is 13.8. The van der Waals surface area contributed by atoms with Crippen LogP contribution in [-0.2, 0) is 19.9 Å². The molecule has 3 aromatic carbocycles. The molecule has 176 valence electrons. The number of rotatable bonds is 5. The number of hydrogen-bond acceptors (Lipinski definition) is 7. The molecule has 35 heavy (non-hydrogen) atoms. The number of benzene rings is 3. The second kappa shape index (κ2) is 8.03. The average Bonchev–Trinajstić information content (AvgIpc) is 3.34. The van der Waals surface area contributed by atoms with E-state index in [1.807, 2.05) is 0 Å². The van der Waals surface area contributed by atoms with Gasteiger partial charge in [-0.3, -0.25) is 25.0 Å². The van der Waals surface area contributed by atoms with Crippen molar-refractivity contribution < 1.29 is 29.5 Å². The van der Waals surface area contributed by atoms with Crippen LogP contribution in [0.1, 0.15) is 17.2 Å². The summed E-state index contributed by atoms with van der Waals surface area (Å²) in [4.78, 5) is 51.9. The van der Waals surface area contributed by atoms with Crippen LogP contribution in [0.4, 0.5) is 11.4 Å². The van der Waals surface area contributed by atoms with E-state index in [1.54, 1.807) is 48.5 Å². The quantitative estimate of drug-likeness (QED) is 0.291. The summed E-state index contributed by atoms with van der Waals surface area (Å²) in [5, 5.41) is 35.3. The lowest BCUT2D eigenvalue weighted by molar-refractivity contribution is -0.384. The highest BCUT2D eigenvalue weighted by atomic mass is 16.6. The molecule has 3 aromatic rings. The number of nitrogens with one attached hydrogen (secondary N) is 1. The molecule has 2 aliphatic heterocycles. The third-order valence-electron chi connectivity index (χ3n) is 6.70. The summed E-state index contributed by atoms with van der Waals surface area (Å²) < 4.78 is 0. The highest BCUT2D eigenvalue weighted by Gasteiger charge is 2.69. The van der Waals surface area contributed by atoms with Crippen LogP contribution in [0.3, 0.4) is 0 Å². The summed E-state index contributed by atoms with van der Waals surface area (Å²) in [5.74, 6) is -5.59. The molecule has 10 nitrogen and oxygen atoms in total. The number of phenolic OH excluding ortho intramolecular Hbond substituents is 1. The van der Waals surface area contributed by atoms with Gasteiger partial charge in [0.15, 0.2) is 5.54 Å². The Hall–Kier alpha value is -4.57. The number of nitro groups is 1. The number of carboxylic acids is 1. The topological polar surface area (TPSA) is 150 Å². The molecule has 4 atom stereocenters. The van der Waals surface area contributed by atoms with Crippen LogP contribution in [0.5, 0.6) is 5.75 Å². The van der Waals surface area contributed by atoms with Crippen molar-refractivity contribution in [3.63, 3.8) is 0 Å². The number of aliphatic carboxylic acids is 1. The van der Waals surface area contributed by atoms with Gasteiger partial charge in [-0.25, -0.2) is 9.69 Å². The standard InChI is InChI=1S/C25H19N3O7/c29-18-12-5-4-11-17(18)21-19-20(25(26-21,24(32)33)14-7-2-1-3-8-14)23(31)27(22(19)30)15-9-6-10-16(13-15)28(34)35/h1-13,19-21,26,29H,(H,32,33). The summed E-state index contributed by atoms with van der Waals surface area (Å²) >= 11 is 0. The molecule has 2 aliphatic rings. The summed E-state index contributed by atoms with van der Waals surface area (Å²) in [6, 6.07) is 18.3. The second-order valence-corrected chi connectivity index (χ2v) is 8.45. The molecule has 2 fully saturated rings. The lowest BCUT2D eigenvalue weighted by Gasteiger charge is -2.31. The highest BCUT2D eigenvalue weighted by molar-refractivity contribution is 6.24. The maximum Gasteiger partial charge on any atom is 0.329 e. The van der Waals surface area contributed by atoms with E-state index in [2.05, 4.69) is 5.32 Å². The van der Waals surface area contributed by atoms with E-state index in [1.165, 1.54) is 24.3 Å². The Morgan fingerprint density at radius 1 is 0.971 bits per heavy atom. The molecule has 2 amide bonds. The number of imide groups is 1. The number of nitro benzene ring substituents is 1. The number of nitrogens with zero attached hydrogens (tertiary/aromatic N) is 2. The minimum absolute atomic E-state index is 0.0213. The monoisotopic (exact) mass is 473 g/mol. The Labute approximate surface area is 198 Å². The van der Waals surface area contributed by atoms with Gasteiger partial charge in [-0.15, -0.1) is 0 Å². The van der Waals surface area contributed by atoms with Crippen LogP contribution in [0.25, 0.3) is 0 Å². The molecule has 0 aliphatic carbocycles. The number of fused-ring (bicyclic) bond motifs is 1. The van der Waals surface area contributed by atoms with E-state index >= 15 is 0 Å². The smallest absolute Gasteiger partial charge is 0.329 e. The predicted molar refractivity (Wildman–Crippen MR) is 122 cm³/mol. The molecule has 0 aromatic heterocycles. The Morgan fingerprint density at radius 2 is 1.66 bits per heavy atom. The number of non-ortho nitro benzene ring substituents is 1. The first-order valence-corrected chi connectivity index (χ1v) is 10.7. The normalized spacial score (nSPS) is 25.5. The van der Waals surface area contributed by atoms with Crippen molar-refractivity contribution in [1.82, 2.24) is 5.32 Å². The Kier molecular flexibility index (Phi) is 5.10. The van der Waals surface area contributed by atoms with Gasteiger partial charge in [0.1, 0.15) is 5.75 Å². The van der Waals surface area contributed by atoms with Crippen molar-refractivity contribution in [2.24, 2.45) is 11.8 Å². The Balaban J connectivity index is 1.73. The van der Waals surface area contributed by atoms with E-state index in [0.717, 1.165) is 11.0 Å². The number of para-hydroxylation sites is 1.